The molecule has 6 nitrogen and oxygen atoms in total. The van der Waals surface area contributed by atoms with E-state index in [4.69, 9.17) is 10.5 Å². The smallest absolute Gasteiger partial charge is 0.312 e. The number of rotatable bonds is 7. The van der Waals surface area contributed by atoms with Crippen molar-refractivity contribution in [2.24, 2.45) is 5.73 Å². The van der Waals surface area contributed by atoms with E-state index in [-0.39, 0.29) is 18.5 Å². The Morgan fingerprint density at radius 3 is 2.52 bits per heavy atom. The van der Waals surface area contributed by atoms with Crippen molar-refractivity contribution >= 4 is 11.9 Å². The molecule has 0 aliphatic rings. The van der Waals surface area contributed by atoms with Crippen molar-refractivity contribution in [3.8, 4) is 5.75 Å². The van der Waals surface area contributed by atoms with Crippen molar-refractivity contribution in [3.63, 3.8) is 0 Å². The Bertz CT molecular complexity index is 729. The number of ether oxygens (including phenoxy) is 1. The molecule has 0 heterocycles. The fourth-order valence-electron chi connectivity index (χ4n) is 2.36. The molecule has 3 amide bonds. The number of hydrogen-bond acceptors (Lipinski definition) is 3. The van der Waals surface area contributed by atoms with Crippen LogP contribution in [0.1, 0.15) is 29.7 Å². The van der Waals surface area contributed by atoms with Crippen molar-refractivity contribution in [1.29, 1.82) is 0 Å². The molecule has 6 heteroatoms. The second-order valence-electron chi connectivity index (χ2n) is 5.85. The fraction of sp³-hybridized carbons (Fsp3) is 0.263. The summed E-state index contributed by atoms with van der Waals surface area (Å²) in [5, 5.41) is 5.04. The van der Waals surface area contributed by atoms with Crippen molar-refractivity contribution in [1.82, 2.24) is 10.6 Å². The van der Waals surface area contributed by atoms with Crippen LogP contribution < -0.4 is 21.1 Å². The van der Waals surface area contributed by atoms with Crippen LogP contribution in [-0.2, 0) is 11.4 Å². The summed E-state index contributed by atoms with van der Waals surface area (Å²) in [6, 6.07) is 14.8. The number of primary amides is 1. The summed E-state index contributed by atoms with van der Waals surface area (Å²) in [6.07, 6.45) is 0. The molecular formula is C19H23N3O3. The Labute approximate surface area is 147 Å². The summed E-state index contributed by atoms with van der Waals surface area (Å²) in [4.78, 5) is 22.3. The summed E-state index contributed by atoms with van der Waals surface area (Å²) in [6.45, 7) is 4.28. The highest BCUT2D eigenvalue weighted by atomic mass is 16.5. The van der Waals surface area contributed by atoms with Gasteiger partial charge in [0.2, 0.25) is 5.91 Å². The number of carbonyl (C=O) groups excluding carboxylic acids is 2. The average Bonchev–Trinajstić information content (AvgIpc) is 2.58. The van der Waals surface area contributed by atoms with Crippen LogP contribution in [0.15, 0.2) is 48.5 Å². The van der Waals surface area contributed by atoms with Gasteiger partial charge in [-0.25, -0.2) is 4.79 Å². The zero-order valence-electron chi connectivity index (χ0n) is 14.4. The zero-order chi connectivity index (χ0) is 18.2. The minimum atomic E-state index is -0.724. The highest BCUT2D eigenvalue weighted by molar-refractivity contribution is 5.83. The molecule has 2 aromatic carbocycles. The molecule has 2 aromatic rings. The number of aryl methyl sites for hydroxylation is 1. The molecule has 4 N–H and O–H groups in total. The lowest BCUT2D eigenvalue weighted by atomic mass is 10.1. The van der Waals surface area contributed by atoms with Gasteiger partial charge in [-0.3, -0.25) is 4.79 Å². The third kappa shape index (κ3) is 6.18. The Hall–Kier alpha value is -3.02. The largest absolute Gasteiger partial charge is 0.489 e. The molecule has 0 bridgehead atoms. The number of amides is 3. The predicted octanol–water partition coefficient (Wildman–Crippen LogP) is 2.42. The quantitative estimate of drug-likeness (QED) is 0.722. The van der Waals surface area contributed by atoms with Gasteiger partial charge in [0.25, 0.3) is 0 Å². The summed E-state index contributed by atoms with van der Waals surface area (Å²) in [7, 11) is 0. The molecule has 0 spiro atoms. The normalized spacial score (nSPS) is 11.4. The van der Waals surface area contributed by atoms with Gasteiger partial charge in [0.05, 0.1) is 12.6 Å². The van der Waals surface area contributed by atoms with Gasteiger partial charge in [0, 0.05) is 0 Å². The number of benzene rings is 2. The highest BCUT2D eigenvalue weighted by Crippen LogP contribution is 2.18. The molecule has 1 atom stereocenters. The maximum Gasteiger partial charge on any atom is 0.312 e. The Balaban J connectivity index is 1.86. The van der Waals surface area contributed by atoms with Crippen LogP contribution in [0.4, 0.5) is 4.79 Å². The van der Waals surface area contributed by atoms with Crippen molar-refractivity contribution < 1.29 is 14.3 Å². The SMILES string of the molecule is Cc1cccc(COc2ccc([C@H](C)NC(=O)CNC(N)=O)cc2)c1. The lowest BCUT2D eigenvalue weighted by molar-refractivity contribution is -0.120. The Kier molecular flexibility index (Phi) is 6.39. The summed E-state index contributed by atoms with van der Waals surface area (Å²) >= 11 is 0. The molecule has 0 aromatic heterocycles. The fourth-order valence-corrected chi connectivity index (χ4v) is 2.36. The second kappa shape index (κ2) is 8.73. The first-order valence-corrected chi connectivity index (χ1v) is 8.05. The molecule has 0 aliphatic heterocycles. The second-order valence-corrected chi connectivity index (χ2v) is 5.85. The van der Waals surface area contributed by atoms with Crippen LogP contribution in [0.2, 0.25) is 0 Å². The van der Waals surface area contributed by atoms with Gasteiger partial charge < -0.3 is 21.1 Å². The average molecular weight is 341 g/mol. The molecule has 0 aliphatic carbocycles. The van der Waals surface area contributed by atoms with Gasteiger partial charge in [-0.1, -0.05) is 42.0 Å². The van der Waals surface area contributed by atoms with E-state index in [0.29, 0.717) is 6.61 Å². The van der Waals surface area contributed by atoms with Crippen LogP contribution in [0, 0.1) is 6.92 Å². The highest BCUT2D eigenvalue weighted by Gasteiger charge is 2.10. The van der Waals surface area contributed by atoms with Crippen LogP contribution >= 0.6 is 0 Å². The molecule has 0 saturated carbocycles. The van der Waals surface area contributed by atoms with Crippen molar-refractivity contribution in [3.05, 3.63) is 65.2 Å². The molecule has 25 heavy (non-hydrogen) atoms. The minimum absolute atomic E-state index is 0.142. The summed E-state index contributed by atoms with van der Waals surface area (Å²) < 4.78 is 5.78. The standard InChI is InChI=1S/C19H23N3O3/c1-13-4-3-5-15(10-13)12-25-17-8-6-16(7-9-17)14(2)22-18(23)11-21-19(20)24/h3-10,14H,11-12H2,1-2H3,(H,22,23)(H3,20,21,24)/t14-/m0/s1. The van der Waals surface area contributed by atoms with Crippen molar-refractivity contribution in [2.45, 2.75) is 26.5 Å². The maximum absolute atomic E-state index is 11.7. The van der Waals surface area contributed by atoms with Crippen LogP contribution in [-0.4, -0.2) is 18.5 Å². The third-order valence-corrected chi connectivity index (χ3v) is 3.67. The van der Waals surface area contributed by atoms with Crippen LogP contribution in [0.3, 0.4) is 0 Å². The summed E-state index contributed by atoms with van der Waals surface area (Å²) in [5.41, 5.74) is 8.19. The van der Waals surface area contributed by atoms with Crippen molar-refractivity contribution in [2.75, 3.05) is 6.54 Å². The lowest BCUT2D eigenvalue weighted by Gasteiger charge is -2.15. The molecule has 132 valence electrons. The van der Waals surface area contributed by atoms with Gasteiger partial charge in [-0.15, -0.1) is 0 Å². The number of urea groups is 1. The van der Waals surface area contributed by atoms with Gasteiger partial charge >= 0.3 is 6.03 Å². The van der Waals surface area contributed by atoms with Gasteiger partial charge in [-0.05, 0) is 37.1 Å². The Morgan fingerprint density at radius 2 is 1.88 bits per heavy atom. The number of carbonyl (C=O) groups is 2. The molecule has 0 radical (unpaired) electrons. The van der Waals surface area contributed by atoms with Crippen LogP contribution in [0.25, 0.3) is 0 Å². The molecule has 0 fully saturated rings. The number of nitrogens with one attached hydrogen (secondary N) is 2. The predicted molar refractivity (Wildman–Crippen MR) is 96.1 cm³/mol. The van der Waals surface area contributed by atoms with E-state index in [1.165, 1.54) is 5.56 Å². The monoisotopic (exact) mass is 341 g/mol. The molecule has 0 saturated heterocycles. The van der Waals surface area contributed by atoms with E-state index in [1.807, 2.05) is 56.3 Å². The van der Waals surface area contributed by atoms with Gasteiger partial charge in [-0.2, -0.15) is 0 Å². The van der Waals surface area contributed by atoms with E-state index in [0.717, 1.165) is 16.9 Å². The first-order valence-electron chi connectivity index (χ1n) is 8.05. The van der Waals surface area contributed by atoms with Gasteiger partial charge in [0.15, 0.2) is 0 Å². The maximum atomic E-state index is 11.7. The molecule has 2 rings (SSSR count). The van der Waals surface area contributed by atoms with E-state index < -0.39 is 6.03 Å². The lowest BCUT2D eigenvalue weighted by Crippen LogP contribution is -2.40. The first-order chi connectivity index (χ1) is 11.9. The van der Waals surface area contributed by atoms with Gasteiger partial charge in [0.1, 0.15) is 12.4 Å². The topological polar surface area (TPSA) is 93.4 Å². The molecular weight excluding hydrogens is 318 g/mol. The van der Waals surface area contributed by atoms with E-state index in [9.17, 15) is 9.59 Å². The minimum Gasteiger partial charge on any atom is -0.489 e. The summed E-state index contributed by atoms with van der Waals surface area (Å²) in [5.74, 6) is 0.463. The first kappa shape index (κ1) is 18.3. The third-order valence-electron chi connectivity index (χ3n) is 3.67. The van der Waals surface area contributed by atoms with Crippen LogP contribution in [0.5, 0.6) is 5.75 Å². The van der Waals surface area contributed by atoms with E-state index in [2.05, 4.69) is 16.7 Å². The zero-order valence-corrected chi connectivity index (χ0v) is 14.4. The van der Waals surface area contributed by atoms with E-state index >= 15 is 0 Å². The molecule has 0 unspecified atom stereocenters. The number of hydrogen-bond donors (Lipinski definition) is 3. The number of nitrogens with two attached hydrogens (primary N) is 1. The Morgan fingerprint density at radius 1 is 1.16 bits per heavy atom. The van der Waals surface area contributed by atoms with E-state index in [1.54, 1.807) is 0 Å².